The molecule has 0 N–H and O–H groups in total. The van der Waals surface area contributed by atoms with Gasteiger partial charge in [0, 0.05) is 18.0 Å². The minimum absolute atomic E-state index is 0.250. The van der Waals surface area contributed by atoms with Gasteiger partial charge in [-0.25, -0.2) is 4.98 Å². The van der Waals surface area contributed by atoms with E-state index >= 15 is 0 Å². The van der Waals surface area contributed by atoms with Crippen LogP contribution in [0, 0.1) is 11.3 Å². The molecule has 0 aliphatic carbocycles. The molecule has 15 heavy (non-hydrogen) atoms. The summed E-state index contributed by atoms with van der Waals surface area (Å²) in [5.74, 6) is 0. The van der Waals surface area contributed by atoms with Crippen LogP contribution in [0.2, 0.25) is 4.34 Å². The standard InChI is InChI=1S/C10H6ClN3S/c11-9-8(1-4-12)14-10(15-9)7-2-5-13-6-3-7/h2-3,5-6H,1H2. The molecule has 0 saturated heterocycles. The van der Waals surface area contributed by atoms with Crippen molar-refractivity contribution in [3.8, 4) is 16.6 Å². The third-order valence-electron chi connectivity index (χ3n) is 1.82. The van der Waals surface area contributed by atoms with E-state index < -0.39 is 0 Å². The van der Waals surface area contributed by atoms with Crippen molar-refractivity contribution < 1.29 is 0 Å². The summed E-state index contributed by atoms with van der Waals surface area (Å²) >= 11 is 7.35. The van der Waals surface area contributed by atoms with E-state index in [0.717, 1.165) is 10.6 Å². The fourth-order valence-electron chi connectivity index (χ4n) is 1.14. The Hall–Kier alpha value is -1.44. The van der Waals surface area contributed by atoms with Crippen LogP contribution in [0.3, 0.4) is 0 Å². The van der Waals surface area contributed by atoms with Crippen LogP contribution in [0.1, 0.15) is 5.69 Å². The summed E-state index contributed by atoms with van der Waals surface area (Å²) in [6, 6.07) is 5.77. The Morgan fingerprint density at radius 1 is 1.40 bits per heavy atom. The Labute approximate surface area is 96.0 Å². The summed E-state index contributed by atoms with van der Waals surface area (Å²) in [5, 5.41) is 9.40. The fraction of sp³-hybridized carbons (Fsp3) is 0.100. The Kier molecular flexibility index (Phi) is 2.95. The third kappa shape index (κ3) is 2.14. The van der Waals surface area contributed by atoms with Gasteiger partial charge in [-0.2, -0.15) is 5.26 Å². The first-order chi connectivity index (χ1) is 7.31. The van der Waals surface area contributed by atoms with Gasteiger partial charge in [0.15, 0.2) is 0 Å². The van der Waals surface area contributed by atoms with Crippen LogP contribution < -0.4 is 0 Å². The number of aromatic nitrogens is 2. The largest absolute Gasteiger partial charge is 0.265 e. The van der Waals surface area contributed by atoms with E-state index in [0.29, 0.717) is 10.0 Å². The summed E-state index contributed by atoms with van der Waals surface area (Å²) in [7, 11) is 0. The van der Waals surface area contributed by atoms with Crippen LogP contribution in [0.5, 0.6) is 0 Å². The van der Waals surface area contributed by atoms with E-state index in [9.17, 15) is 0 Å². The molecule has 0 amide bonds. The highest BCUT2D eigenvalue weighted by molar-refractivity contribution is 7.19. The lowest BCUT2D eigenvalue weighted by Gasteiger charge is -1.92. The van der Waals surface area contributed by atoms with Crippen molar-refractivity contribution in [3.05, 3.63) is 34.6 Å². The lowest BCUT2D eigenvalue weighted by atomic mass is 10.3. The molecule has 0 radical (unpaired) electrons. The number of hydrogen-bond donors (Lipinski definition) is 0. The van der Waals surface area contributed by atoms with E-state index in [1.807, 2.05) is 18.2 Å². The second kappa shape index (κ2) is 4.39. The molecule has 0 saturated carbocycles. The number of nitrogens with zero attached hydrogens (tertiary/aromatic N) is 3. The Morgan fingerprint density at radius 3 is 2.80 bits per heavy atom. The lowest BCUT2D eigenvalue weighted by Crippen LogP contribution is -1.82. The van der Waals surface area contributed by atoms with E-state index in [1.165, 1.54) is 11.3 Å². The van der Waals surface area contributed by atoms with E-state index in [-0.39, 0.29) is 6.42 Å². The highest BCUT2D eigenvalue weighted by Crippen LogP contribution is 2.31. The first-order valence-electron chi connectivity index (χ1n) is 4.24. The maximum Gasteiger partial charge on any atom is 0.125 e. The van der Waals surface area contributed by atoms with Crippen molar-refractivity contribution in [1.29, 1.82) is 5.26 Å². The predicted molar refractivity (Wildman–Crippen MR) is 59.7 cm³/mol. The molecule has 3 nitrogen and oxygen atoms in total. The molecule has 2 heterocycles. The van der Waals surface area contributed by atoms with Crippen molar-refractivity contribution in [2.45, 2.75) is 6.42 Å². The second-order valence-electron chi connectivity index (χ2n) is 2.81. The molecule has 2 aromatic rings. The van der Waals surface area contributed by atoms with Gasteiger partial charge < -0.3 is 0 Å². The quantitative estimate of drug-likeness (QED) is 0.804. The molecule has 2 rings (SSSR count). The first kappa shape index (κ1) is 10.1. The summed E-state index contributed by atoms with van der Waals surface area (Å²) in [4.78, 5) is 8.23. The Bertz CT molecular complexity index is 501. The highest BCUT2D eigenvalue weighted by Gasteiger charge is 2.09. The van der Waals surface area contributed by atoms with Gasteiger partial charge in [-0.3, -0.25) is 4.98 Å². The number of hydrogen-bond acceptors (Lipinski definition) is 4. The van der Waals surface area contributed by atoms with Crippen LogP contribution >= 0.6 is 22.9 Å². The van der Waals surface area contributed by atoms with Gasteiger partial charge in [0.2, 0.25) is 0 Å². The van der Waals surface area contributed by atoms with Crippen molar-refractivity contribution in [1.82, 2.24) is 9.97 Å². The van der Waals surface area contributed by atoms with E-state index in [4.69, 9.17) is 16.9 Å². The molecule has 0 aliphatic heterocycles. The molecule has 0 aliphatic rings. The van der Waals surface area contributed by atoms with Crippen LogP contribution in [0.4, 0.5) is 0 Å². The van der Waals surface area contributed by atoms with Crippen molar-refractivity contribution in [2.75, 3.05) is 0 Å². The van der Waals surface area contributed by atoms with Crippen molar-refractivity contribution in [2.24, 2.45) is 0 Å². The van der Waals surface area contributed by atoms with Gasteiger partial charge in [0.05, 0.1) is 18.2 Å². The van der Waals surface area contributed by atoms with E-state index in [2.05, 4.69) is 9.97 Å². The van der Waals surface area contributed by atoms with Crippen molar-refractivity contribution >= 4 is 22.9 Å². The Morgan fingerprint density at radius 2 is 2.13 bits per heavy atom. The second-order valence-corrected chi connectivity index (χ2v) is 4.41. The van der Waals surface area contributed by atoms with E-state index in [1.54, 1.807) is 12.4 Å². The lowest BCUT2D eigenvalue weighted by molar-refractivity contribution is 1.16. The molecular weight excluding hydrogens is 230 g/mol. The van der Waals surface area contributed by atoms with Gasteiger partial charge in [0.1, 0.15) is 9.34 Å². The zero-order chi connectivity index (χ0) is 10.7. The average molecular weight is 236 g/mol. The average Bonchev–Trinajstić information content (AvgIpc) is 2.63. The predicted octanol–water partition coefficient (Wildman–Crippen LogP) is 2.92. The summed E-state index contributed by atoms with van der Waals surface area (Å²) in [5.41, 5.74) is 1.62. The molecule has 74 valence electrons. The van der Waals surface area contributed by atoms with Gasteiger partial charge in [-0.15, -0.1) is 11.3 Å². The zero-order valence-corrected chi connectivity index (χ0v) is 9.22. The third-order valence-corrected chi connectivity index (χ3v) is 3.21. The summed E-state index contributed by atoms with van der Waals surface area (Å²) in [6.45, 7) is 0. The molecule has 0 spiro atoms. The number of halogens is 1. The maximum absolute atomic E-state index is 8.57. The SMILES string of the molecule is N#CCc1nc(-c2ccncc2)sc1Cl. The zero-order valence-electron chi connectivity index (χ0n) is 7.64. The molecule has 0 fully saturated rings. The number of pyridine rings is 1. The monoisotopic (exact) mass is 235 g/mol. The van der Waals surface area contributed by atoms with Gasteiger partial charge in [-0.1, -0.05) is 11.6 Å². The van der Waals surface area contributed by atoms with Crippen LogP contribution in [0.25, 0.3) is 10.6 Å². The van der Waals surface area contributed by atoms with Gasteiger partial charge in [-0.05, 0) is 12.1 Å². The molecule has 0 atom stereocenters. The highest BCUT2D eigenvalue weighted by atomic mass is 35.5. The molecule has 0 aromatic carbocycles. The first-order valence-corrected chi connectivity index (χ1v) is 5.43. The molecule has 0 unspecified atom stereocenters. The van der Waals surface area contributed by atoms with Crippen LogP contribution in [-0.4, -0.2) is 9.97 Å². The summed E-state index contributed by atoms with van der Waals surface area (Å²) in [6.07, 6.45) is 3.66. The normalized spacial score (nSPS) is 9.87. The number of nitriles is 1. The molecule has 2 aromatic heterocycles. The molecule has 5 heteroatoms. The van der Waals surface area contributed by atoms with Gasteiger partial charge in [0.25, 0.3) is 0 Å². The smallest absolute Gasteiger partial charge is 0.125 e. The minimum atomic E-state index is 0.250. The molecule has 0 bridgehead atoms. The number of thiazole rings is 1. The summed E-state index contributed by atoms with van der Waals surface area (Å²) < 4.78 is 0.586. The number of rotatable bonds is 2. The van der Waals surface area contributed by atoms with Crippen LogP contribution in [0.15, 0.2) is 24.5 Å². The van der Waals surface area contributed by atoms with Gasteiger partial charge >= 0.3 is 0 Å². The van der Waals surface area contributed by atoms with Crippen molar-refractivity contribution in [3.63, 3.8) is 0 Å². The van der Waals surface area contributed by atoms with Crippen LogP contribution in [-0.2, 0) is 6.42 Å². The molecular formula is C10H6ClN3S. The topological polar surface area (TPSA) is 49.6 Å². The minimum Gasteiger partial charge on any atom is -0.265 e. The fourth-order valence-corrected chi connectivity index (χ4v) is 2.28. The Balaban J connectivity index is 2.40. The maximum atomic E-state index is 8.57.